The molecule has 1 atom stereocenters. The monoisotopic (exact) mass is 227 g/mol. The molecule has 1 unspecified atom stereocenters. The number of hydrogen-bond acceptors (Lipinski definition) is 2. The van der Waals surface area contributed by atoms with Crippen molar-refractivity contribution in [2.75, 3.05) is 6.54 Å². The molecule has 1 aromatic rings. The van der Waals surface area contributed by atoms with E-state index in [9.17, 15) is 13.9 Å². The number of hydrogen-bond donors (Lipinski definition) is 2. The van der Waals surface area contributed by atoms with Gasteiger partial charge in [-0.1, -0.05) is 6.07 Å². The molecule has 1 fully saturated rings. The molecule has 1 saturated carbocycles. The SMILES string of the molecule is CC1(NCC(O)c2ccc(F)cc2F)CC1. The lowest BCUT2D eigenvalue weighted by molar-refractivity contribution is 0.164. The van der Waals surface area contributed by atoms with Crippen molar-refractivity contribution < 1.29 is 13.9 Å². The molecular weight excluding hydrogens is 212 g/mol. The Morgan fingerprint density at radius 3 is 2.69 bits per heavy atom. The zero-order valence-electron chi connectivity index (χ0n) is 9.13. The molecule has 0 heterocycles. The van der Waals surface area contributed by atoms with Crippen LogP contribution in [0.5, 0.6) is 0 Å². The van der Waals surface area contributed by atoms with E-state index in [1.165, 1.54) is 6.07 Å². The number of benzene rings is 1. The highest BCUT2D eigenvalue weighted by Gasteiger charge is 2.37. The van der Waals surface area contributed by atoms with Gasteiger partial charge in [-0.25, -0.2) is 8.78 Å². The van der Waals surface area contributed by atoms with Gasteiger partial charge < -0.3 is 10.4 Å². The molecule has 1 aromatic carbocycles. The van der Waals surface area contributed by atoms with Gasteiger partial charge in [0.25, 0.3) is 0 Å². The van der Waals surface area contributed by atoms with Gasteiger partial charge in [-0.15, -0.1) is 0 Å². The molecule has 4 heteroatoms. The van der Waals surface area contributed by atoms with Crippen LogP contribution in [0.3, 0.4) is 0 Å². The molecule has 0 spiro atoms. The fourth-order valence-corrected chi connectivity index (χ4v) is 1.59. The van der Waals surface area contributed by atoms with E-state index in [4.69, 9.17) is 0 Å². The zero-order valence-corrected chi connectivity index (χ0v) is 9.13. The van der Waals surface area contributed by atoms with Gasteiger partial charge in [0.15, 0.2) is 0 Å². The van der Waals surface area contributed by atoms with Crippen LogP contribution in [0.25, 0.3) is 0 Å². The van der Waals surface area contributed by atoms with Gasteiger partial charge in [-0.05, 0) is 25.8 Å². The van der Waals surface area contributed by atoms with Gasteiger partial charge in [0.2, 0.25) is 0 Å². The fraction of sp³-hybridized carbons (Fsp3) is 0.500. The van der Waals surface area contributed by atoms with E-state index in [1.807, 2.05) is 0 Å². The van der Waals surface area contributed by atoms with Gasteiger partial charge in [0.05, 0.1) is 6.10 Å². The van der Waals surface area contributed by atoms with E-state index < -0.39 is 17.7 Å². The molecule has 0 radical (unpaired) electrons. The van der Waals surface area contributed by atoms with Gasteiger partial charge in [-0.3, -0.25) is 0 Å². The van der Waals surface area contributed by atoms with Crippen LogP contribution in [0.15, 0.2) is 18.2 Å². The molecule has 88 valence electrons. The van der Waals surface area contributed by atoms with Crippen molar-refractivity contribution in [2.45, 2.75) is 31.4 Å². The summed E-state index contributed by atoms with van der Waals surface area (Å²) in [6.45, 7) is 2.35. The average molecular weight is 227 g/mol. The van der Waals surface area contributed by atoms with Crippen LogP contribution in [0.2, 0.25) is 0 Å². The highest BCUT2D eigenvalue weighted by Crippen LogP contribution is 2.34. The number of aliphatic hydroxyl groups is 1. The van der Waals surface area contributed by atoms with Crippen LogP contribution in [-0.2, 0) is 0 Å². The summed E-state index contributed by atoms with van der Waals surface area (Å²) in [7, 11) is 0. The molecule has 16 heavy (non-hydrogen) atoms. The van der Waals surface area contributed by atoms with Crippen molar-refractivity contribution in [3.05, 3.63) is 35.4 Å². The third-order valence-corrected chi connectivity index (χ3v) is 3.04. The van der Waals surface area contributed by atoms with Crippen molar-refractivity contribution in [2.24, 2.45) is 0 Å². The Kier molecular flexibility index (Phi) is 2.95. The summed E-state index contributed by atoms with van der Waals surface area (Å²) < 4.78 is 26.0. The minimum absolute atomic E-state index is 0.0947. The molecule has 2 nitrogen and oxygen atoms in total. The molecule has 0 bridgehead atoms. The van der Waals surface area contributed by atoms with Crippen molar-refractivity contribution in [3.8, 4) is 0 Å². The molecule has 2 rings (SSSR count). The van der Waals surface area contributed by atoms with Crippen LogP contribution >= 0.6 is 0 Å². The minimum Gasteiger partial charge on any atom is -0.387 e. The summed E-state index contributed by atoms with van der Waals surface area (Å²) in [4.78, 5) is 0. The van der Waals surface area contributed by atoms with Crippen molar-refractivity contribution >= 4 is 0 Å². The summed E-state index contributed by atoms with van der Waals surface area (Å²) in [5, 5.41) is 12.9. The normalized spacial score (nSPS) is 19.5. The Bertz CT molecular complexity index is 391. The van der Waals surface area contributed by atoms with Crippen LogP contribution in [-0.4, -0.2) is 17.2 Å². The number of nitrogens with one attached hydrogen (secondary N) is 1. The largest absolute Gasteiger partial charge is 0.387 e. The molecule has 1 aliphatic carbocycles. The number of rotatable bonds is 4. The Morgan fingerprint density at radius 2 is 2.12 bits per heavy atom. The minimum atomic E-state index is -0.932. The molecule has 0 aliphatic heterocycles. The van der Waals surface area contributed by atoms with E-state index in [2.05, 4.69) is 12.2 Å². The first-order chi connectivity index (χ1) is 7.50. The van der Waals surface area contributed by atoms with E-state index in [0.29, 0.717) is 6.54 Å². The van der Waals surface area contributed by atoms with Crippen molar-refractivity contribution in [3.63, 3.8) is 0 Å². The maximum Gasteiger partial charge on any atom is 0.131 e. The number of aliphatic hydroxyl groups excluding tert-OH is 1. The average Bonchev–Trinajstić information content (AvgIpc) is 2.94. The van der Waals surface area contributed by atoms with Gasteiger partial charge in [0.1, 0.15) is 11.6 Å². The quantitative estimate of drug-likeness (QED) is 0.826. The highest BCUT2D eigenvalue weighted by atomic mass is 19.1. The second kappa shape index (κ2) is 4.11. The van der Waals surface area contributed by atoms with E-state index in [0.717, 1.165) is 25.0 Å². The molecular formula is C12H15F2NO. The highest BCUT2D eigenvalue weighted by molar-refractivity contribution is 5.21. The number of β-amino-alcohol motifs (C(OH)–C–C–N with tert-alkyl or cyclic N) is 1. The summed E-state index contributed by atoms with van der Waals surface area (Å²) in [5.41, 5.74) is 0.232. The van der Waals surface area contributed by atoms with Crippen molar-refractivity contribution in [1.82, 2.24) is 5.32 Å². The molecule has 0 aromatic heterocycles. The predicted molar refractivity (Wildman–Crippen MR) is 57.0 cm³/mol. The predicted octanol–water partition coefficient (Wildman–Crippen LogP) is 2.14. The standard InChI is InChI=1S/C12H15F2NO/c1-12(4-5-12)15-7-11(16)9-3-2-8(13)6-10(9)14/h2-3,6,11,15-16H,4-5,7H2,1H3. The Hall–Kier alpha value is -1.00. The maximum atomic E-state index is 13.3. The van der Waals surface area contributed by atoms with E-state index >= 15 is 0 Å². The Balaban J connectivity index is 1.99. The van der Waals surface area contributed by atoms with Crippen LogP contribution in [0, 0.1) is 11.6 Å². The molecule has 0 saturated heterocycles. The van der Waals surface area contributed by atoms with Gasteiger partial charge in [0, 0.05) is 23.7 Å². The van der Waals surface area contributed by atoms with E-state index in [-0.39, 0.29) is 11.1 Å². The first kappa shape index (κ1) is 11.5. The summed E-state index contributed by atoms with van der Waals surface area (Å²) >= 11 is 0. The lowest BCUT2D eigenvalue weighted by Gasteiger charge is -2.16. The van der Waals surface area contributed by atoms with Gasteiger partial charge >= 0.3 is 0 Å². The van der Waals surface area contributed by atoms with Crippen LogP contribution in [0.4, 0.5) is 8.78 Å². The second-order valence-corrected chi connectivity index (χ2v) is 4.62. The van der Waals surface area contributed by atoms with Crippen LogP contribution < -0.4 is 5.32 Å². The zero-order chi connectivity index (χ0) is 11.8. The lowest BCUT2D eigenvalue weighted by Crippen LogP contribution is -2.32. The first-order valence-electron chi connectivity index (χ1n) is 5.38. The maximum absolute atomic E-state index is 13.3. The second-order valence-electron chi connectivity index (χ2n) is 4.62. The third-order valence-electron chi connectivity index (χ3n) is 3.04. The van der Waals surface area contributed by atoms with Crippen molar-refractivity contribution in [1.29, 1.82) is 0 Å². The van der Waals surface area contributed by atoms with Gasteiger partial charge in [-0.2, -0.15) is 0 Å². The Morgan fingerprint density at radius 1 is 1.44 bits per heavy atom. The first-order valence-corrected chi connectivity index (χ1v) is 5.38. The van der Waals surface area contributed by atoms with Crippen LogP contribution in [0.1, 0.15) is 31.4 Å². The molecule has 1 aliphatic rings. The van der Waals surface area contributed by atoms with E-state index in [1.54, 1.807) is 0 Å². The smallest absolute Gasteiger partial charge is 0.131 e. The fourth-order valence-electron chi connectivity index (χ4n) is 1.59. The Labute approximate surface area is 93.3 Å². The topological polar surface area (TPSA) is 32.3 Å². The lowest BCUT2D eigenvalue weighted by atomic mass is 10.1. The summed E-state index contributed by atoms with van der Waals surface area (Å²) in [5.74, 6) is -1.33. The molecule has 0 amide bonds. The summed E-state index contributed by atoms with van der Waals surface area (Å²) in [6.07, 6.45) is 1.22. The number of halogens is 2. The third kappa shape index (κ3) is 2.57. The summed E-state index contributed by atoms with van der Waals surface area (Å²) in [6, 6.07) is 3.23. The molecule has 2 N–H and O–H groups in total.